The van der Waals surface area contributed by atoms with Crippen molar-refractivity contribution in [3.8, 4) is 0 Å². The predicted octanol–water partition coefficient (Wildman–Crippen LogP) is 3.85. The number of ether oxygens (including phenoxy) is 1. The quantitative estimate of drug-likeness (QED) is 0.277. The molecule has 0 spiro atoms. The molecule has 2 aromatic carbocycles. The molecule has 8 heteroatoms. The van der Waals surface area contributed by atoms with Gasteiger partial charge >= 0.3 is 5.97 Å². The first-order valence-electron chi connectivity index (χ1n) is 12.0. The molecule has 0 fully saturated rings. The third-order valence-corrected chi connectivity index (χ3v) is 6.39. The van der Waals surface area contributed by atoms with Gasteiger partial charge in [-0.3, -0.25) is 29.0 Å². The number of imide groups is 2. The number of carbonyl (C=O) groups excluding carboxylic acids is 5. The first-order chi connectivity index (χ1) is 17.0. The molecule has 0 saturated heterocycles. The topological polar surface area (TPSA) is 101 Å². The molecule has 0 N–H and O–H groups in total. The fourth-order valence-corrected chi connectivity index (χ4v) is 4.51. The Kier molecular flexibility index (Phi) is 7.39. The van der Waals surface area contributed by atoms with Crippen LogP contribution in [-0.2, 0) is 9.53 Å². The number of hydrogen-bond donors (Lipinski definition) is 0. The van der Waals surface area contributed by atoms with Gasteiger partial charge in [0.15, 0.2) is 0 Å². The zero-order chi connectivity index (χ0) is 24.9. The van der Waals surface area contributed by atoms with E-state index in [2.05, 4.69) is 0 Å². The van der Waals surface area contributed by atoms with Crippen molar-refractivity contribution in [3.63, 3.8) is 0 Å². The third kappa shape index (κ3) is 4.73. The lowest BCUT2D eigenvalue weighted by Crippen LogP contribution is -2.45. The van der Waals surface area contributed by atoms with Gasteiger partial charge in [0.25, 0.3) is 23.6 Å². The third-order valence-electron chi connectivity index (χ3n) is 6.39. The molecule has 8 nitrogen and oxygen atoms in total. The van der Waals surface area contributed by atoms with Crippen molar-refractivity contribution in [2.45, 2.75) is 51.5 Å². The molecule has 182 valence electrons. The highest BCUT2D eigenvalue weighted by molar-refractivity contribution is 6.23. The van der Waals surface area contributed by atoms with Crippen LogP contribution in [0.5, 0.6) is 0 Å². The molecule has 0 aromatic heterocycles. The fourth-order valence-electron chi connectivity index (χ4n) is 4.51. The number of esters is 1. The lowest BCUT2D eigenvalue weighted by Gasteiger charge is -2.25. The molecule has 0 saturated carbocycles. The van der Waals surface area contributed by atoms with Gasteiger partial charge in [0.1, 0.15) is 6.04 Å². The smallest absolute Gasteiger partial charge is 0.329 e. The standard InChI is InChI=1S/C27H28N2O6/c1-2-3-10-17-35-27(34)22(29-25(32)20-13-6-7-14-21(20)26(29)33)15-8-9-16-28-23(30)18-11-4-5-12-19(18)24(28)31/h4-7,11-14,22H,2-3,8-10,15-17H2,1H3/t22-/m1/s1. The average Bonchev–Trinajstić information content (AvgIpc) is 3.27. The zero-order valence-corrected chi connectivity index (χ0v) is 19.7. The average molecular weight is 477 g/mol. The molecule has 4 amide bonds. The molecule has 0 aliphatic carbocycles. The summed E-state index contributed by atoms with van der Waals surface area (Å²) in [6.07, 6.45) is 3.60. The maximum absolute atomic E-state index is 13.0. The summed E-state index contributed by atoms with van der Waals surface area (Å²) in [5.74, 6) is -2.31. The summed E-state index contributed by atoms with van der Waals surface area (Å²) >= 11 is 0. The van der Waals surface area contributed by atoms with Gasteiger partial charge in [0.2, 0.25) is 0 Å². The van der Waals surface area contributed by atoms with E-state index in [1.807, 2.05) is 6.92 Å². The largest absolute Gasteiger partial charge is 0.464 e. The molecular formula is C27H28N2O6. The second-order valence-electron chi connectivity index (χ2n) is 8.72. The first-order valence-corrected chi connectivity index (χ1v) is 12.0. The van der Waals surface area contributed by atoms with Crippen LogP contribution in [-0.4, -0.2) is 58.6 Å². The number of benzene rings is 2. The Balaban J connectivity index is 1.41. The maximum Gasteiger partial charge on any atom is 0.329 e. The van der Waals surface area contributed by atoms with Crippen molar-refractivity contribution in [1.82, 2.24) is 9.80 Å². The van der Waals surface area contributed by atoms with Crippen LogP contribution in [0.1, 0.15) is 86.9 Å². The number of hydrogen-bond acceptors (Lipinski definition) is 6. The highest BCUT2D eigenvalue weighted by Crippen LogP contribution is 2.28. The van der Waals surface area contributed by atoms with Crippen molar-refractivity contribution in [3.05, 3.63) is 70.8 Å². The number of nitrogens with zero attached hydrogens (tertiary/aromatic N) is 2. The fraction of sp³-hybridized carbons (Fsp3) is 0.370. The number of fused-ring (bicyclic) bond motifs is 2. The predicted molar refractivity (Wildman–Crippen MR) is 127 cm³/mol. The number of amides is 4. The minimum Gasteiger partial charge on any atom is -0.464 e. The van der Waals surface area contributed by atoms with Gasteiger partial charge in [-0.05, 0) is 49.9 Å². The van der Waals surface area contributed by atoms with Crippen LogP contribution < -0.4 is 0 Å². The van der Waals surface area contributed by atoms with Crippen LogP contribution in [0.2, 0.25) is 0 Å². The number of rotatable bonds is 11. The molecule has 2 aliphatic heterocycles. The number of unbranched alkanes of at least 4 members (excludes halogenated alkanes) is 3. The van der Waals surface area contributed by atoms with Crippen molar-refractivity contribution >= 4 is 29.6 Å². The van der Waals surface area contributed by atoms with E-state index in [0.717, 1.165) is 17.7 Å². The van der Waals surface area contributed by atoms with Gasteiger partial charge in [-0.15, -0.1) is 0 Å². The lowest BCUT2D eigenvalue weighted by atomic mass is 10.1. The zero-order valence-electron chi connectivity index (χ0n) is 19.7. The normalized spacial score (nSPS) is 15.5. The van der Waals surface area contributed by atoms with Crippen molar-refractivity contribution < 1.29 is 28.7 Å². The van der Waals surface area contributed by atoms with Gasteiger partial charge in [-0.25, -0.2) is 4.79 Å². The minimum atomic E-state index is -1.06. The SMILES string of the molecule is CCCCCOC(=O)[C@@H](CCCCN1C(=O)c2ccccc2C1=O)N1C(=O)c2ccccc2C1=O. The molecule has 2 aliphatic rings. The molecule has 1 atom stereocenters. The Morgan fingerprint density at radius 3 is 1.77 bits per heavy atom. The Morgan fingerprint density at radius 2 is 1.26 bits per heavy atom. The summed E-state index contributed by atoms with van der Waals surface area (Å²) in [6.45, 7) is 2.45. The molecule has 0 unspecified atom stereocenters. The van der Waals surface area contributed by atoms with E-state index in [1.54, 1.807) is 48.5 Å². The van der Waals surface area contributed by atoms with E-state index in [4.69, 9.17) is 4.74 Å². The van der Waals surface area contributed by atoms with Crippen LogP contribution in [0, 0.1) is 0 Å². The Morgan fingerprint density at radius 1 is 0.743 bits per heavy atom. The molecular weight excluding hydrogens is 448 g/mol. The van der Waals surface area contributed by atoms with E-state index in [0.29, 0.717) is 30.4 Å². The van der Waals surface area contributed by atoms with E-state index >= 15 is 0 Å². The second-order valence-corrected chi connectivity index (χ2v) is 8.72. The summed E-state index contributed by atoms with van der Waals surface area (Å²) in [7, 11) is 0. The summed E-state index contributed by atoms with van der Waals surface area (Å²) in [6, 6.07) is 12.1. The van der Waals surface area contributed by atoms with Crippen molar-refractivity contribution in [2.24, 2.45) is 0 Å². The van der Waals surface area contributed by atoms with Crippen LogP contribution in [0.4, 0.5) is 0 Å². The van der Waals surface area contributed by atoms with E-state index in [9.17, 15) is 24.0 Å². The summed E-state index contributed by atoms with van der Waals surface area (Å²) < 4.78 is 5.42. The van der Waals surface area contributed by atoms with Gasteiger partial charge < -0.3 is 4.74 Å². The Labute approximate surface area is 203 Å². The van der Waals surface area contributed by atoms with Crippen molar-refractivity contribution in [1.29, 1.82) is 0 Å². The van der Waals surface area contributed by atoms with Gasteiger partial charge in [0.05, 0.1) is 28.9 Å². The highest BCUT2D eigenvalue weighted by Gasteiger charge is 2.43. The Bertz CT molecular complexity index is 1100. The molecule has 0 bridgehead atoms. The van der Waals surface area contributed by atoms with Crippen molar-refractivity contribution in [2.75, 3.05) is 13.2 Å². The van der Waals surface area contributed by atoms with Gasteiger partial charge in [-0.1, -0.05) is 44.0 Å². The minimum absolute atomic E-state index is 0.182. The molecule has 0 radical (unpaired) electrons. The molecule has 2 aromatic rings. The summed E-state index contributed by atoms with van der Waals surface area (Å²) in [5.41, 5.74) is 1.31. The van der Waals surface area contributed by atoms with Gasteiger partial charge in [0, 0.05) is 6.54 Å². The molecule has 35 heavy (non-hydrogen) atoms. The lowest BCUT2D eigenvalue weighted by molar-refractivity contribution is -0.148. The van der Waals surface area contributed by atoms with Crippen LogP contribution in [0.3, 0.4) is 0 Å². The van der Waals surface area contributed by atoms with Crippen LogP contribution >= 0.6 is 0 Å². The first kappa shape index (κ1) is 24.3. The van der Waals surface area contributed by atoms with Crippen LogP contribution in [0.25, 0.3) is 0 Å². The van der Waals surface area contributed by atoms with Crippen LogP contribution in [0.15, 0.2) is 48.5 Å². The molecule has 4 rings (SSSR count). The maximum atomic E-state index is 13.0. The Hall–Kier alpha value is -3.81. The van der Waals surface area contributed by atoms with E-state index in [-0.39, 0.29) is 42.5 Å². The number of carbonyl (C=O) groups is 5. The van der Waals surface area contributed by atoms with E-state index < -0.39 is 23.8 Å². The summed E-state index contributed by atoms with van der Waals surface area (Å²) in [4.78, 5) is 66.3. The second kappa shape index (κ2) is 10.6. The molecule has 2 heterocycles. The highest BCUT2D eigenvalue weighted by atomic mass is 16.5. The summed E-state index contributed by atoms with van der Waals surface area (Å²) in [5, 5.41) is 0. The van der Waals surface area contributed by atoms with Gasteiger partial charge in [-0.2, -0.15) is 0 Å². The van der Waals surface area contributed by atoms with E-state index in [1.165, 1.54) is 4.90 Å². The monoisotopic (exact) mass is 476 g/mol.